The number of nitro groups is 1. The first kappa shape index (κ1) is 11.2. The van der Waals surface area contributed by atoms with Crippen molar-refractivity contribution in [1.82, 2.24) is 5.32 Å². The molecule has 0 heterocycles. The number of carbonyl (C=O) groups excluding carboxylic acids is 1. The normalized spacial score (nSPS) is 11.8. The summed E-state index contributed by atoms with van der Waals surface area (Å²) < 4.78 is 0. The Morgan fingerprint density at radius 2 is 2.07 bits per heavy atom. The smallest absolute Gasteiger partial charge is 0.227 e. The number of nitrogens with zero attached hydrogens (tertiary/aromatic N) is 1. The Morgan fingerprint density at radius 3 is 2.53 bits per heavy atom. The Labute approximate surface area is 87.3 Å². The van der Waals surface area contributed by atoms with E-state index in [9.17, 15) is 14.9 Å². The molecular formula is C10H12N2O3. The molecule has 80 valence electrons. The number of amides is 1. The largest absolute Gasteiger partial charge is 0.343 e. The highest BCUT2D eigenvalue weighted by molar-refractivity contribution is 5.73. The molecule has 0 bridgehead atoms. The minimum absolute atomic E-state index is 0.272. The van der Waals surface area contributed by atoms with Crippen LogP contribution >= 0.6 is 0 Å². The van der Waals surface area contributed by atoms with Crippen LogP contribution < -0.4 is 5.32 Å². The van der Waals surface area contributed by atoms with E-state index in [4.69, 9.17) is 0 Å². The topological polar surface area (TPSA) is 72.2 Å². The molecule has 15 heavy (non-hydrogen) atoms. The Bertz CT molecular complexity index is 335. The summed E-state index contributed by atoms with van der Waals surface area (Å²) in [5, 5.41) is 13.0. The molecule has 1 rings (SSSR count). The van der Waals surface area contributed by atoms with Crippen LogP contribution in [-0.2, 0) is 4.79 Å². The lowest BCUT2D eigenvalue weighted by Gasteiger charge is -2.13. The highest BCUT2D eigenvalue weighted by atomic mass is 16.6. The zero-order chi connectivity index (χ0) is 11.3. The van der Waals surface area contributed by atoms with Crippen LogP contribution in [0.1, 0.15) is 18.5 Å². The van der Waals surface area contributed by atoms with E-state index in [0.717, 1.165) is 5.56 Å². The molecule has 0 aliphatic heterocycles. The van der Waals surface area contributed by atoms with Crippen molar-refractivity contribution in [3.63, 3.8) is 0 Å². The fourth-order valence-corrected chi connectivity index (χ4v) is 1.31. The fraction of sp³-hybridized carbons (Fsp3) is 0.300. The number of nitrogens with one attached hydrogen (secondary N) is 1. The van der Waals surface area contributed by atoms with E-state index in [-0.39, 0.29) is 12.5 Å². The Kier molecular flexibility index (Phi) is 3.79. The Morgan fingerprint density at radius 1 is 1.47 bits per heavy atom. The second-order valence-electron chi connectivity index (χ2n) is 3.18. The van der Waals surface area contributed by atoms with Gasteiger partial charge in [-0.05, 0) is 5.56 Å². The summed E-state index contributed by atoms with van der Waals surface area (Å²) in [5.41, 5.74) is 0.740. The van der Waals surface area contributed by atoms with Crippen molar-refractivity contribution in [3.05, 3.63) is 46.0 Å². The third-order valence-corrected chi connectivity index (χ3v) is 1.91. The molecule has 5 heteroatoms. The van der Waals surface area contributed by atoms with Crippen LogP contribution in [0.2, 0.25) is 0 Å². The summed E-state index contributed by atoms with van der Waals surface area (Å²) in [6.45, 7) is 1.04. The molecule has 1 aromatic carbocycles. The van der Waals surface area contributed by atoms with Crippen molar-refractivity contribution in [2.45, 2.75) is 13.0 Å². The van der Waals surface area contributed by atoms with E-state index in [0.29, 0.717) is 0 Å². The zero-order valence-corrected chi connectivity index (χ0v) is 8.34. The van der Waals surface area contributed by atoms with E-state index >= 15 is 0 Å². The van der Waals surface area contributed by atoms with Gasteiger partial charge in [-0.1, -0.05) is 30.3 Å². The lowest BCUT2D eigenvalue weighted by molar-refractivity contribution is -0.484. The SMILES string of the molecule is CC(=O)NC(C[N+](=O)[O-])c1ccccc1. The van der Waals surface area contributed by atoms with Gasteiger partial charge >= 0.3 is 0 Å². The van der Waals surface area contributed by atoms with Crippen molar-refractivity contribution in [3.8, 4) is 0 Å². The minimum atomic E-state index is -0.557. The first-order chi connectivity index (χ1) is 7.09. The molecule has 0 spiro atoms. The Hall–Kier alpha value is -1.91. The van der Waals surface area contributed by atoms with Crippen LogP contribution in [0.5, 0.6) is 0 Å². The highest BCUT2D eigenvalue weighted by Crippen LogP contribution is 2.12. The lowest BCUT2D eigenvalue weighted by atomic mass is 10.1. The van der Waals surface area contributed by atoms with Gasteiger partial charge < -0.3 is 5.32 Å². The highest BCUT2D eigenvalue weighted by Gasteiger charge is 2.17. The van der Waals surface area contributed by atoms with Crippen LogP contribution in [0.25, 0.3) is 0 Å². The maximum atomic E-state index is 10.9. The Balaban J connectivity index is 2.81. The molecule has 0 aliphatic rings. The van der Waals surface area contributed by atoms with Crippen molar-refractivity contribution in [2.24, 2.45) is 0 Å². The second-order valence-corrected chi connectivity index (χ2v) is 3.18. The molecule has 0 fully saturated rings. The first-order valence-corrected chi connectivity index (χ1v) is 4.53. The van der Waals surface area contributed by atoms with Gasteiger partial charge in [0, 0.05) is 11.8 Å². The van der Waals surface area contributed by atoms with Crippen LogP contribution in [-0.4, -0.2) is 17.4 Å². The van der Waals surface area contributed by atoms with Crippen molar-refractivity contribution >= 4 is 5.91 Å². The molecule has 0 radical (unpaired) electrons. The molecular weight excluding hydrogens is 196 g/mol. The second kappa shape index (κ2) is 5.09. The third kappa shape index (κ3) is 3.76. The molecule has 1 unspecified atom stereocenters. The van der Waals surface area contributed by atoms with Crippen LogP contribution in [0.4, 0.5) is 0 Å². The molecule has 1 atom stereocenters. The fourth-order valence-electron chi connectivity index (χ4n) is 1.31. The van der Waals surface area contributed by atoms with Gasteiger partial charge in [-0.15, -0.1) is 0 Å². The van der Waals surface area contributed by atoms with Crippen molar-refractivity contribution in [1.29, 1.82) is 0 Å². The maximum Gasteiger partial charge on any atom is 0.227 e. The number of hydrogen-bond donors (Lipinski definition) is 1. The number of carbonyl (C=O) groups is 1. The van der Waals surface area contributed by atoms with Crippen molar-refractivity contribution < 1.29 is 9.72 Å². The number of benzene rings is 1. The molecule has 1 aromatic rings. The average molecular weight is 208 g/mol. The van der Waals surface area contributed by atoms with Gasteiger partial charge in [0.1, 0.15) is 6.04 Å². The number of hydrogen-bond acceptors (Lipinski definition) is 3. The van der Waals surface area contributed by atoms with Crippen molar-refractivity contribution in [2.75, 3.05) is 6.54 Å². The monoisotopic (exact) mass is 208 g/mol. The van der Waals surface area contributed by atoms with Crippen LogP contribution in [0.3, 0.4) is 0 Å². The zero-order valence-electron chi connectivity index (χ0n) is 8.34. The summed E-state index contributed by atoms with van der Waals surface area (Å²) in [5.74, 6) is -0.272. The lowest BCUT2D eigenvalue weighted by Crippen LogP contribution is -2.31. The predicted molar refractivity (Wildman–Crippen MR) is 54.9 cm³/mol. The maximum absolute atomic E-state index is 10.9. The molecule has 0 aromatic heterocycles. The van der Waals surface area contributed by atoms with E-state index < -0.39 is 11.0 Å². The number of rotatable bonds is 4. The average Bonchev–Trinajstić information content (AvgIpc) is 2.17. The molecule has 0 aliphatic carbocycles. The van der Waals surface area contributed by atoms with Gasteiger partial charge in [0.15, 0.2) is 0 Å². The van der Waals surface area contributed by atoms with Gasteiger partial charge in [0.25, 0.3) is 0 Å². The molecule has 1 N–H and O–H groups in total. The third-order valence-electron chi connectivity index (χ3n) is 1.91. The van der Waals surface area contributed by atoms with E-state index in [1.165, 1.54) is 6.92 Å². The summed E-state index contributed by atoms with van der Waals surface area (Å²) in [7, 11) is 0. The van der Waals surface area contributed by atoms with Gasteiger partial charge in [0.05, 0.1) is 0 Å². The summed E-state index contributed by atoms with van der Waals surface area (Å²) >= 11 is 0. The van der Waals surface area contributed by atoms with Crippen LogP contribution in [0.15, 0.2) is 30.3 Å². The molecule has 5 nitrogen and oxygen atoms in total. The first-order valence-electron chi connectivity index (χ1n) is 4.53. The predicted octanol–water partition coefficient (Wildman–Crippen LogP) is 1.14. The quantitative estimate of drug-likeness (QED) is 0.595. The molecule has 0 saturated carbocycles. The molecule has 1 amide bonds. The van der Waals surface area contributed by atoms with Gasteiger partial charge in [-0.3, -0.25) is 14.9 Å². The minimum Gasteiger partial charge on any atom is -0.343 e. The van der Waals surface area contributed by atoms with Gasteiger partial charge in [-0.25, -0.2) is 0 Å². The molecule has 0 saturated heterocycles. The summed E-state index contributed by atoms with van der Waals surface area (Å²) in [4.78, 5) is 20.9. The standard InChI is InChI=1S/C10H12N2O3/c1-8(13)11-10(7-12(14)15)9-5-3-2-4-6-9/h2-6,10H,7H2,1H3,(H,11,13). The van der Waals surface area contributed by atoms with E-state index in [1.807, 2.05) is 6.07 Å². The van der Waals surface area contributed by atoms with E-state index in [2.05, 4.69) is 5.32 Å². The van der Waals surface area contributed by atoms with Gasteiger partial charge in [-0.2, -0.15) is 0 Å². The van der Waals surface area contributed by atoms with Crippen LogP contribution in [0, 0.1) is 10.1 Å². The van der Waals surface area contributed by atoms with Gasteiger partial charge in [0.2, 0.25) is 12.5 Å². The summed E-state index contributed by atoms with van der Waals surface area (Å²) in [6, 6.07) is 8.33. The summed E-state index contributed by atoms with van der Waals surface area (Å²) in [6.07, 6.45) is 0. The van der Waals surface area contributed by atoms with E-state index in [1.54, 1.807) is 24.3 Å².